The molecule has 2 aromatic heterocycles. The molecule has 0 spiro atoms. The van der Waals surface area contributed by atoms with Gasteiger partial charge in [-0.3, -0.25) is 9.59 Å². The van der Waals surface area contributed by atoms with E-state index in [0.717, 1.165) is 4.52 Å². The van der Waals surface area contributed by atoms with Gasteiger partial charge >= 0.3 is 6.18 Å². The third-order valence-electron chi connectivity index (χ3n) is 6.16. The molecular formula is C23H24F4N6O2. The van der Waals surface area contributed by atoms with Gasteiger partial charge in [-0.05, 0) is 50.8 Å². The molecule has 1 aromatic carbocycles. The van der Waals surface area contributed by atoms with Crippen LogP contribution in [0.25, 0.3) is 5.78 Å². The Morgan fingerprint density at radius 3 is 2.46 bits per heavy atom. The second-order valence-corrected chi connectivity index (χ2v) is 8.52. The molecule has 0 saturated carbocycles. The molecule has 4 rings (SSSR count). The van der Waals surface area contributed by atoms with Gasteiger partial charge in [-0.1, -0.05) is 12.1 Å². The van der Waals surface area contributed by atoms with E-state index in [1.54, 1.807) is 24.8 Å². The molecule has 186 valence electrons. The SMILES string of the molecule is Cc1nc2nc(C(F)(F)F)nn2c(C)c1CCC(=O)NC1CCN(C(=O)c2ccccc2F)CC1. The Labute approximate surface area is 198 Å². The third-order valence-corrected chi connectivity index (χ3v) is 6.16. The Kier molecular flexibility index (Phi) is 6.73. The molecule has 1 fully saturated rings. The molecule has 2 amide bonds. The van der Waals surface area contributed by atoms with E-state index < -0.39 is 17.8 Å². The lowest BCUT2D eigenvalue weighted by atomic mass is 10.0. The average molecular weight is 492 g/mol. The van der Waals surface area contributed by atoms with E-state index in [1.807, 2.05) is 0 Å². The van der Waals surface area contributed by atoms with Gasteiger partial charge in [-0.25, -0.2) is 13.9 Å². The van der Waals surface area contributed by atoms with Crippen molar-refractivity contribution in [1.82, 2.24) is 29.8 Å². The van der Waals surface area contributed by atoms with E-state index in [0.29, 0.717) is 42.9 Å². The molecule has 1 N–H and O–H groups in total. The van der Waals surface area contributed by atoms with Gasteiger partial charge in [0.15, 0.2) is 0 Å². The van der Waals surface area contributed by atoms with Crippen LogP contribution in [0.15, 0.2) is 24.3 Å². The molecule has 0 atom stereocenters. The molecule has 3 heterocycles. The third kappa shape index (κ3) is 5.25. The quantitative estimate of drug-likeness (QED) is 0.552. The van der Waals surface area contributed by atoms with Crippen LogP contribution in [0.1, 0.15) is 52.4 Å². The van der Waals surface area contributed by atoms with Crippen molar-refractivity contribution < 1.29 is 27.2 Å². The van der Waals surface area contributed by atoms with Crippen molar-refractivity contribution in [1.29, 1.82) is 0 Å². The van der Waals surface area contributed by atoms with Gasteiger partial charge in [-0.15, -0.1) is 5.10 Å². The van der Waals surface area contributed by atoms with E-state index in [4.69, 9.17) is 0 Å². The molecule has 1 aliphatic rings. The Morgan fingerprint density at radius 1 is 1.11 bits per heavy atom. The zero-order valence-electron chi connectivity index (χ0n) is 19.2. The number of carbonyl (C=O) groups excluding carboxylic acids is 2. The highest BCUT2D eigenvalue weighted by Gasteiger charge is 2.37. The average Bonchev–Trinajstić information content (AvgIpc) is 3.24. The Hall–Kier alpha value is -3.57. The second kappa shape index (κ2) is 9.59. The number of piperidine rings is 1. The number of alkyl halides is 3. The first-order chi connectivity index (χ1) is 16.5. The van der Waals surface area contributed by atoms with Crippen molar-refractivity contribution in [3.8, 4) is 0 Å². The first-order valence-electron chi connectivity index (χ1n) is 11.2. The molecule has 0 bridgehead atoms. The number of benzene rings is 1. The predicted molar refractivity (Wildman–Crippen MR) is 117 cm³/mol. The van der Waals surface area contributed by atoms with Gasteiger partial charge in [0.05, 0.1) is 5.56 Å². The van der Waals surface area contributed by atoms with Crippen molar-refractivity contribution in [2.45, 2.75) is 51.7 Å². The van der Waals surface area contributed by atoms with Gasteiger partial charge < -0.3 is 10.2 Å². The summed E-state index contributed by atoms with van der Waals surface area (Å²) in [4.78, 5) is 34.2. The summed E-state index contributed by atoms with van der Waals surface area (Å²) < 4.78 is 53.8. The maximum atomic E-state index is 13.9. The highest BCUT2D eigenvalue weighted by Crippen LogP contribution is 2.27. The van der Waals surface area contributed by atoms with Crippen LogP contribution in [-0.2, 0) is 17.4 Å². The summed E-state index contributed by atoms with van der Waals surface area (Å²) in [6.07, 6.45) is -3.21. The van der Waals surface area contributed by atoms with E-state index in [-0.39, 0.29) is 42.0 Å². The monoisotopic (exact) mass is 492 g/mol. The minimum Gasteiger partial charge on any atom is -0.353 e. The zero-order valence-corrected chi connectivity index (χ0v) is 19.2. The fraction of sp³-hybridized carbons (Fsp3) is 0.435. The number of fused-ring (bicyclic) bond motifs is 1. The number of nitrogens with zero attached hydrogens (tertiary/aromatic N) is 5. The van der Waals surface area contributed by atoms with Crippen molar-refractivity contribution in [3.63, 3.8) is 0 Å². The van der Waals surface area contributed by atoms with Gasteiger partial charge in [0.2, 0.25) is 5.91 Å². The first kappa shape index (κ1) is 24.6. The molecular weight excluding hydrogens is 468 g/mol. The van der Waals surface area contributed by atoms with Crippen LogP contribution in [0.3, 0.4) is 0 Å². The number of halogens is 4. The van der Waals surface area contributed by atoms with Crippen molar-refractivity contribution in [3.05, 3.63) is 58.4 Å². The number of likely N-dealkylation sites (tertiary alicyclic amines) is 1. The van der Waals surface area contributed by atoms with E-state index in [9.17, 15) is 27.2 Å². The number of rotatable bonds is 5. The van der Waals surface area contributed by atoms with Crippen LogP contribution < -0.4 is 5.32 Å². The van der Waals surface area contributed by atoms with Gasteiger partial charge in [-0.2, -0.15) is 18.2 Å². The summed E-state index contributed by atoms with van der Waals surface area (Å²) in [6, 6.07) is 5.70. The summed E-state index contributed by atoms with van der Waals surface area (Å²) in [5.74, 6) is -2.55. The largest absolute Gasteiger partial charge is 0.453 e. The van der Waals surface area contributed by atoms with Crippen LogP contribution in [0.5, 0.6) is 0 Å². The first-order valence-corrected chi connectivity index (χ1v) is 11.2. The maximum absolute atomic E-state index is 13.9. The summed E-state index contributed by atoms with van der Waals surface area (Å²) in [7, 11) is 0. The fourth-order valence-electron chi connectivity index (χ4n) is 4.26. The molecule has 0 radical (unpaired) electrons. The normalized spacial score (nSPS) is 15.0. The number of amides is 2. The second-order valence-electron chi connectivity index (χ2n) is 8.52. The smallest absolute Gasteiger partial charge is 0.353 e. The van der Waals surface area contributed by atoms with Crippen LogP contribution >= 0.6 is 0 Å². The molecule has 1 saturated heterocycles. The van der Waals surface area contributed by atoms with Crippen LogP contribution in [0, 0.1) is 19.7 Å². The van der Waals surface area contributed by atoms with E-state index in [2.05, 4.69) is 20.4 Å². The molecule has 12 heteroatoms. The highest BCUT2D eigenvalue weighted by molar-refractivity contribution is 5.94. The van der Waals surface area contributed by atoms with E-state index >= 15 is 0 Å². The van der Waals surface area contributed by atoms with Gasteiger partial charge in [0, 0.05) is 36.9 Å². The van der Waals surface area contributed by atoms with Crippen molar-refractivity contribution >= 4 is 17.6 Å². The van der Waals surface area contributed by atoms with Gasteiger partial charge in [0.1, 0.15) is 5.82 Å². The summed E-state index contributed by atoms with van der Waals surface area (Å²) >= 11 is 0. The number of hydrogen-bond donors (Lipinski definition) is 1. The molecule has 35 heavy (non-hydrogen) atoms. The Balaban J connectivity index is 1.33. The minimum absolute atomic E-state index is 0.0287. The van der Waals surface area contributed by atoms with Crippen LogP contribution in [0.4, 0.5) is 17.6 Å². The summed E-state index contributed by atoms with van der Waals surface area (Å²) in [5, 5.41) is 6.46. The lowest BCUT2D eigenvalue weighted by Gasteiger charge is -2.32. The van der Waals surface area contributed by atoms with Crippen molar-refractivity contribution in [2.24, 2.45) is 0 Å². The zero-order chi connectivity index (χ0) is 25.3. The Bertz CT molecular complexity index is 1260. The number of hydrogen-bond acceptors (Lipinski definition) is 5. The maximum Gasteiger partial charge on any atom is 0.453 e. The number of carbonyl (C=O) groups is 2. The van der Waals surface area contributed by atoms with Crippen molar-refractivity contribution in [2.75, 3.05) is 13.1 Å². The molecule has 0 unspecified atom stereocenters. The number of aromatic nitrogens is 4. The lowest BCUT2D eigenvalue weighted by Crippen LogP contribution is -2.46. The lowest BCUT2D eigenvalue weighted by molar-refractivity contribution is -0.144. The molecule has 8 nitrogen and oxygen atoms in total. The predicted octanol–water partition coefficient (Wildman–Crippen LogP) is 3.25. The molecule has 1 aliphatic heterocycles. The highest BCUT2D eigenvalue weighted by atomic mass is 19.4. The van der Waals surface area contributed by atoms with Crippen LogP contribution in [-0.4, -0.2) is 55.4 Å². The summed E-state index contributed by atoms with van der Waals surface area (Å²) in [5.41, 5.74) is 1.60. The minimum atomic E-state index is -4.68. The van der Waals surface area contributed by atoms with E-state index in [1.165, 1.54) is 18.2 Å². The topological polar surface area (TPSA) is 92.5 Å². The summed E-state index contributed by atoms with van der Waals surface area (Å²) in [6.45, 7) is 4.06. The van der Waals surface area contributed by atoms with Gasteiger partial charge in [0.25, 0.3) is 17.5 Å². The Morgan fingerprint density at radius 2 is 1.80 bits per heavy atom. The number of aryl methyl sites for hydroxylation is 2. The fourth-order valence-corrected chi connectivity index (χ4v) is 4.26. The van der Waals surface area contributed by atoms with Crippen LogP contribution in [0.2, 0.25) is 0 Å². The number of nitrogens with one attached hydrogen (secondary N) is 1. The molecule has 0 aliphatic carbocycles. The standard InChI is InChI=1S/C23H24F4N6O2/c1-13-16(14(2)33-22(28-13)30-21(31-33)23(25,26)27)7-8-19(34)29-15-9-11-32(12-10-15)20(35)17-5-3-4-6-18(17)24/h3-6,15H,7-12H2,1-2H3,(H,29,34). The molecule has 3 aromatic rings.